The lowest BCUT2D eigenvalue weighted by Gasteiger charge is -2.34. The van der Waals surface area contributed by atoms with Gasteiger partial charge in [-0.3, -0.25) is 24.1 Å². The van der Waals surface area contributed by atoms with Crippen LogP contribution in [-0.4, -0.2) is 59.0 Å². The van der Waals surface area contributed by atoms with Crippen LogP contribution in [0.5, 0.6) is 0 Å². The number of amides is 3. The Morgan fingerprint density at radius 1 is 1.03 bits per heavy atom. The molecule has 1 N–H and O–H groups in total. The number of carbonyl (C=O) groups excluding carboxylic acids is 4. The quantitative estimate of drug-likeness (QED) is 0.220. The van der Waals surface area contributed by atoms with Crippen molar-refractivity contribution >= 4 is 23.7 Å². The Kier molecular flexibility index (Phi) is 11.6. The van der Waals surface area contributed by atoms with Gasteiger partial charge < -0.3 is 14.8 Å². The van der Waals surface area contributed by atoms with Crippen LogP contribution in [0, 0.1) is 11.8 Å². The van der Waals surface area contributed by atoms with Crippen LogP contribution in [0.4, 0.5) is 0 Å². The summed E-state index contributed by atoms with van der Waals surface area (Å²) < 4.78 is 11.8. The number of rotatable bonds is 14. The summed E-state index contributed by atoms with van der Waals surface area (Å²) in [6.45, 7) is 8.68. The molecule has 0 saturated heterocycles. The fourth-order valence-corrected chi connectivity index (χ4v) is 4.15. The van der Waals surface area contributed by atoms with Crippen molar-refractivity contribution in [2.45, 2.75) is 116 Å². The first-order valence-electron chi connectivity index (χ1n) is 13.2. The van der Waals surface area contributed by atoms with E-state index in [1.807, 2.05) is 27.7 Å². The maximum absolute atomic E-state index is 12.6. The molecule has 0 aromatic carbocycles. The van der Waals surface area contributed by atoms with Gasteiger partial charge in [-0.05, 0) is 58.8 Å². The molecule has 1 aliphatic heterocycles. The van der Waals surface area contributed by atoms with Crippen molar-refractivity contribution in [3.63, 3.8) is 0 Å². The lowest BCUT2D eigenvalue weighted by molar-refractivity contribution is -0.151. The molecule has 0 aromatic heterocycles. The Hall–Kier alpha value is -2.66. The first kappa shape index (κ1) is 29.6. The van der Waals surface area contributed by atoms with E-state index in [-0.39, 0.29) is 42.6 Å². The molecule has 1 heterocycles. The van der Waals surface area contributed by atoms with Crippen LogP contribution in [0.25, 0.3) is 0 Å². The average Bonchev–Trinajstić information content (AvgIpc) is 3.15. The van der Waals surface area contributed by atoms with Crippen LogP contribution in [-0.2, 0) is 28.7 Å². The first-order chi connectivity index (χ1) is 17.1. The van der Waals surface area contributed by atoms with Crippen molar-refractivity contribution in [3.8, 4) is 11.8 Å². The molecule has 1 aliphatic carbocycles. The van der Waals surface area contributed by atoms with Crippen LogP contribution < -0.4 is 5.32 Å². The molecule has 0 bridgehead atoms. The predicted octanol–water partition coefficient (Wildman–Crippen LogP) is 3.82. The fraction of sp³-hybridized carbons (Fsp3) is 0.714. The van der Waals surface area contributed by atoms with Gasteiger partial charge in [0.2, 0.25) is 5.91 Å². The standard InChI is InChI=1S/C28H42N2O6/c1-5-27(3,19-21-35-28(4,6-2)18-20-30-24(32)15-16-25(30)33)29-23(31)14-17-26(34)36-22-12-10-8-7-9-11-13-22/h15-16,22H,5-6,8,10-14,17-21H2,1-4H3,(H,29,31). The normalized spacial score (nSPS) is 21.0. The van der Waals surface area contributed by atoms with Gasteiger partial charge in [-0.2, -0.15) is 0 Å². The summed E-state index contributed by atoms with van der Waals surface area (Å²) in [6.07, 6.45) is 9.23. The number of hydrogen-bond acceptors (Lipinski definition) is 6. The van der Waals surface area contributed by atoms with E-state index in [1.165, 1.54) is 17.1 Å². The second-order valence-corrected chi connectivity index (χ2v) is 10.2. The zero-order valence-electron chi connectivity index (χ0n) is 22.3. The van der Waals surface area contributed by atoms with Gasteiger partial charge in [-0.15, -0.1) is 11.8 Å². The van der Waals surface area contributed by atoms with Gasteiger partial charge in [0.25, 0.3) is 11.8 Å². The third kappa shape index (κ3) is 9.77. The monoisotopic (exact) mass is 502 g/mol. The van der Waals surface area contributed by atoms with Crippen molar-refractivity contribution in [2.75, 3.05) is 13.2 Å². The molecular weight excluding hydrogens is 460 g/mol. The SMILES string of the molecule is CCC(C)(CCOC(C)(CC)CCN1C(=O)C=CC1=O)NC(=O)CCC(=O)OC1CCC#CCCC1. The number of ether oxygens (including phenoxy) is 2. The number of nitrogens with one attached hydrogen (secondary N) is 1. The Morgan fingerprint density at radius 2 is 1.72 bits per heavy atom. The maximum atomic E-state index is 12.6. The van der Waals surface area contributed by atoms with E-state index in [0.29, 0.717) is 32.4 Å². The minimum atomic E-state index is -0.492. The molecule has 0 aromatic rings. The van der Waals surface area contributed by atoms with E-state index in [4.69, 9.17) is 9.47 Å². The highest BCUT2D eigenvalue weighted by Crippen LogP contribution is 2.24. The number of imide groups is 1. The van der Waals surface area contributed by atoms with Gasteiger partial charge >= 0.3 is 5.97 Å². The molecule has 0 fully saturated rings. The minimum absolute atomic E-state index is 0.0566. The molecule has 0 spiro atoms. The molecule has 0 saturated carbocycles. The molecule has 8 nitrogen and oxygen atoms in total. The average molecular weight is 503 g/mol. The molecular formula is C28H42N2O6. The molecule has 2 aliphatic rings. The number of hydrogen-bond donors (Lipinski definition) is 1. The molecule has 0 radical (unpaired) electrons. The van der Waals surface area contributed by atoms with Gasteiger partial charge in [-0.25, -0.2) is 0 Å². The molecule has 3 atom stereocenters. The van der Waals surface area contributed by atoms with Crippen molar-refractivity contribution in [2.24, 2.45) is 0 Å². The highest BCUT2D eigenvalue weighted by atomic mass is 16.5. The van der Waals surface area contributed by atoms with Gasteiger partial charge in [-0.1, -0.05) is 13.8 Å². The highest BCUT2D eigenvalue weighted by Gasteiger charge is 2.31. The topological polar surface area (TPSA) is 102 Å². The second-order valence-electron chi connectivity index (χ2n) is 10.2. The Bertz CT molecular complexity index is 870. The molecule has 3 amide bonds. The number of esters is 1. The molecule has 36 heavy (non-hydrogen) atoms. The molecule has 2 rings (SSSR count). The zero-order valence-corrected chi connectivity index (χ0v) is 22.3. The summed E-state index contributed by atoms with van der Waals surface area (Å²) in [5, 5.41) is 3.06. The Labute approximate surface area is 215 Å². The minimum Gasteiger partial charge on any atom is -0.462 e. The second kappa shape index (κ2) is 14.2. The van der Waals surface area contributed by atoms with Gasteiger partial charge in [0.05, 0.1) is 12.0 Å². The summed E-state index contributed by atoms with van der Waals surface area (Å²) in [5.74, 6) is 5.07. The summed E-state index contributed by atoms with van der Waals surface area (Å²) in [7, 11) is 0. The smallest absolute Gasteiger partial charge is 0.306 e. The molecule has 200 valence electrons. The molecule has 8 heteroatoms. The Balaban J connectivity index is 1.74. The van der Waals surface area contributed by atoms with Gasteiger partial charge in [0.1, 0.15) is 6.10 Å². The lowest BCUT2D eigenvalue weighted by atomic mass is 9.93. The Morgan fingerprint density at radius 3 is 2.39 bits per heavy atom. The first-order valence-corrected chi connectivity index (χ1v) is 13.2. The highest BCUT2D eigenvalue weighted by molar-refractivity contribution is 6.12. The van der Waals surface area contributed by atoms with Crippen LogP contribution in [0.15, 0.2) is 12.2 Å². The summed E-state index contributed by atoms with van der Waals surface area (Å²) in [4.78, 5) is 49.7. The van der Waals surface area contributed by atoms with Crippen LogP contribution in [0.3, 0.4) is 0 Å². The van der Waals surface area contributed by atoms with E-state index in [0.717, 1.165) is 38.5 Å². The van der Waals surface area contributed by atoms with Gasteiger partial charge in [0.15, 0.2) is 0 Å². The van der Waals surface area contributed by atoms with Crippen molar-refractivity contribution in [1.82, 2.24) is 10.2 Å². The summed E-state index contributed by atoms with van der Waals surface area (Å²) in [5.41, 5.74) is -0.965. The van der Waals surface area contributed by atoms with E-state index in [2.05, 4.69) is 17.2 Å². The lowest BCUT2D eigenvalue weighted by Crippen LogP contribution is -2.47. The van der Waals surface area contributed by atoms with Crippen molar-refractivity contribution in [1.29, 1.82) is 0 Å². The molecule has 3 unspecified atom stereocenters. The van der Waals surface area contributed by atoms with E-state index in [9.17, 15) is 19.2 Å². The van der Waals surface area contributed by atoms with Crippen molar-refractivity contribution in [3.05, 3.63) is 12.2 Å². The largest absolute Gasteiger partial charge is 0.462 e. The third-order valence-electron chi connectivity index (χ3n) is 7.24. The zero-order chi connectivity index (χ0) is 26.6. The predicted molar refractivity (Wildman–Crippen MR) is 137 cm³/mol. The fourth-order valence-electron chi connectivity index (χ4n) is 4.15. The van der Waals surface area contributed by atoms with Crippen LogP contribution >= 0.6 is 0 Å². The van der Waals surface area contributed by atoms with Crippen LogP contribution in [0.2, 0.25) is 0 Å². The van der Waals surface area contributed by atoms with Crippen molar-refractivity contribution < 1.29 is 28.7 Å². The third-order valence-corrected chi connectivity index (χ3v) is 7.24. The van der Waals surface area contributed by atoms with E-state index in [1.54, 1.807) is 0 Å². The number of carbonyl (C=O) groups is 4. The van der Waals surface area contributed by atoms with E-state index >= 15 is 0 Å². The summed E-state index contributed by atoms with van der Waals surface area (Å²) >= 11 is 0. The maximum Gasteiger partial charge on any atom is 0.306 e. The number of nitrogens with zero attached hydrogens (tertiary/aromatic N) is 1. The van der Waals surface area contributed by atoms with Crippen LogP contribution in [0.1, 0.15) is 98.3 Å². The van der Waals surface area contributed by atoms with Gasteiger partial charge in [0, 0.05) is 50.1 Å². The van der Waals surface area contributed by atoms with E-state index < -0.39 is 11.1 Å². The summed E-state index contributed by atoms with van der Waals surface area (Å²) in [6, 6.07) is 0.